The van der Waals surface area contributed by atoms with Crippen LogP contribution in [0.5, 0.6) is 0 Å². The lowest BCUT2D eigenvalue weighted by Gasteiger charge is -2.21. The first-order valence-electron chi connectivity index (χ1n) is 7.04. The normalized spacial score (nSPS) is 14.1. The summed E-state index contributed by atoms with van der Waals surface area (Å²) >= 11 is 0. The van der Waals surface area contributed by atoms with Crippen molar-refractivity contribution in [3.8, 4) is 0 Å². The number of nitrogens with two attached hydrogens (primary N) is 1. The molecule has 0 unspecified atom stereocenters. The zero-order valence-electron chi connectivity index (χ0n) is 11.7. The van der Waals surface area contributed by atoms with Gasteiger partial charge in [0.25, 0.3) is 0 Å². The molecule has 2 heterocycles. The number of aromatic nitrogens is 4. The van der Waals surface area contributed by atoms with Gasteiger partial charge in [-0.15, -0.1) is 5.10 Å². The van der Waals surface area contributed by atoms with Crippen molar-refractivity contribution in [3.05, 3.63) is 42.0 Å². The Labute approximate surface area is 122 Å². The van der Waals surface area contributed by atoms with E-state index in [0.717, 1.165) is 18.5 Å². The molecule has 2 N–H and O–H groups in total. The van der Waals surface area contributed by atoms with Gasteiger partial charge in [0.15, 0.2) is 0 Å². The molecule has 0 aliphatic heterocycles. The van der Waals surface area contributed by atoms with Crippen LogP contribution < -0.4 is 5.73 Å². The van der Waals surface area contributed by atoms with Crippen molar-refractivity contribution in [1.82, 2.24) is 24.9 Å². The molecule has 0 saturated heterocycles. The van der Waals surface area contributed by atoms with Crippen LogP contribution in [0.2, 0.25) is 0 Å². The van der Waals surface area contributed by atoms with Crippen molar-refractivity contribution in [1.29, 1.82) is 0 Å². The van der Waals surface area contributed by atoms with Crippen LogP contribution in [0.1, 0.15) is 24.2 Å². The van der Waals surface area contributed by atoms with Gasteiger partial charge in [0.2, 0.25) is 5.91 Å². The zero-order chi connectivity index (χ0) is 14.7. The standard InChI is InChI=1S/C14H18N6O/c15-7-12-8-19(18-17-12)10-14(21)20(13-4-5-13)9-11-3-1-2-6-16-11/h1-3,6,8,13H,4-5,7,9-10,15H2. The van der Waals surface area contributed by atoms with Crippen LogP contribution in [0, 0.1) is 0 Å². The van der Waals surface area contributed by atoms with Crippen molar-refractivity contribution in [2.24, 2.45) is 5.73 Å². The Morgan fingerprint density at radius 2 is 2.24 bits per heavy atom. The smallest absolute Gasteiger partial charge is 0.244 e. The van der Waals surface area contributed by atoms with E-state index in [1.807, 2.05) is 23.1 Å². The SMILES string of the molecule is NCc1cn(CC(=O)N(Cc2ccccn2)C2CC2)nn1. The van der Waals surface area contributed by atoms with Gasteiger partial charge in [-0.05, 0) is 25.0 Å². The van der Waals surface area contributed by atoms with Crippen LogP contribution in [0.4, 0.5) is 0 Å². The van der Waals surface area contributed by atoms with Gasteiger partial charge in [-0.3, -0.25) is 9.78 Å². The van der Waals surface area contributed by atoms with Gasteiger partial charge in [0, 0.05) is 18.8 Å². The molecular weight excluding hydrogens is 268 g/mol. The van der Waals surface area contributed by atoms with Gasteiger partial charge in [0.1, 0.15) is 6.54 Å². The monoisotopic (exact) mass is 286 g/mol. The van der Waals surface area contributed by atoms with Crippen LogP contribution in [0.25, 0.3) is 0 Å². The number of amides is 1. The highest BCUT2D eigenvalue weighted by Gasteiger charge is 2.32. The molecule has 110 valence electrons. The summed E-state index contributed by atoms with van der Waals surface area (Å²) in [7, 11) is 0. The molecule has 2 aromatic heterocycles. The number of hydrogen-bond acceptors (Lipinski definition) is 5. The van der Waals surface area contributed by atoms with E-state index in [1.54, 1.807) is 17.1 Å². The predicted octanol–water partition coefficient (Wildman–Crippen LogP) is 0.323. The molecule has 0 bridgehead atoms. The molecule has 1 aliphatic rings. The number of hydrogen-bond donors (Lipinski definition) is 1. The first kappa shape index (κ1) is 13.7. The summed E-state index contributed by atoms with van der Waals surface area (Å²) in [5.74, 6) is 0.0385. The maximum absolute atomic E-state index is 12.5. The summed E-state index contributed by atoms with van der Waals surface area (Å²) in [6.07, 6.45) is 5.58. The molecule has 0 radical (unpaired) electrons. The van der Waals surface area contributed by atoms with Crippen LogP contribution in [-0.2, 0) is 24.4 Å². The van der Waals surface area contributed by atoms with E-state index in [1.165, 1.54) is 0 Å². The molecule has 0 spiro atoms. The molecule has 1 amide bonds. The zero-order valence-corrected chi connectivity index (χ0v) is 11.7. The molecule has 1 saturated carbocycles. The highest BCUT2D eigenvalue weighted by molar-refractivity contribution is 5.76. The summed E-state index contributed by atoms with van der Waals surface area (Å²) in [6, 6.07) is 6.07. The fraction of sp³-hybridized carbons (Fsp3) is 0.429. The molecule has 2 aromatic rings. The van der Waals surface area contributed by atoms with E-state index in [2.05, 4.69) is 15.3 Å². The third kappa shape index (κ3) is 3.43. The summed E-state index contributed by atoms with van der Waals surface area (Å²) in [6.45, 7) is 1.06. The van der Waals surface area contributed by atoms with Crippen molar-refractivity contribution in [3.63, 3.8) is 0 Å². The predicted molar refractivity (Wildman–Crippen MR) is 75.7 cm³/mol. The topological polar surface area (TPSA) is 89.9 Å². The Balaban J connectivity index is 1.67. The Morgan fingerprint density at radius 1 is 1.38 bits per heavy atom. The average Bonchev–Trinajstić information content (AvgIpc) is 3.25. The fourth-order valence-electron chi connectivity index (χ4n) is 2.21. The van der Waals surface area contributed by atoms with Crippen LogP contribution >= 0.6 is 0 Å². The highest BCUT2D eigenvalue weighted by atomic mass is 16.2. The quantitative estimate of drug-likeness (QED) is 0.826. The van der Waals surface area contributed by atoms with Gasteiger partial charge in [0.05, 0.1) is 24.1 Å². The van der Waals surface area contributed by atoms with Gasteiger partial charge in [-0.25, -0.2) is 4.68 Å². The van der Waals surface area contributed by atoms with Crippen LogP contribution in [0.15, 0.2) is 30.6 Å². The van der Waals surface area contributed by atoms with E-state index in [-0.39, 0.29) is 12.5 Å². The molecule has 0 atom stereocenters. The lowest BCUT2D eigenvalue weighted by atomic mass is 10.3. The largest absolute Gasteiger partial charge is 0.332 e. The Kier molecular flexibility index (Phi) is 3.92. The number of nitrogens with zero attached hydrogens (tertiary/aromatic N) is 5. The summed E-state index contributed by atoms with van der Waals surface area (Å²) in [4.78, 5) is 18.6. The van der Waals surface area contributed by atoms with E-state index in [9.17, 15) is 4.79 Å². The lowest BCUT2D eigenvalue weighted by Crippen LogP contribution is -2.35. The van der Waals surface area contributed by atoms with E-state index >= 15 is 0 Å². The molecule has 21 heavy (non-hydrogen) atoms. The van der Waals surface area contributed by atoms with Gasteiger partial charge < -0.3 is 10.6 Å². The molecule has 1 fully saturated rings. The third-order valence-electron chi connectivity index (χ3n) is 3.46. The van der Waals surface area contributed by atoms with Crippen molar-refractivity contribution >= 4 is 5.91 Å². The minimum Gasteiger partial charge on any atom is -0.332 e. The molecule has 7 nitrogen and oxygen atoms in total. The lowest BCUT2D eigenvalue weighted by molar-refractivity contribution is -0.133. The maximum atomic E-state index is 12.5. The van der Waals surface area contributed by atoms with E-state index < -0.39 is 0 Å². The summed E-state index contributed by atoms with van der Waals surface area (Å²) in [5.41, 5.74) is 7.08. The number of carbonyl (C=O) groups excluding carboxylic acids is 1. The van der Waals surface area contributed by atoms with Gasteiger partial charge in [-0.1, -0.05) is 11.3 Å². The fourth-order valence-corrected chi connectivity index (χ4v) is 2.21. The van der Waals surface area contributed by atoms with Gasteiger partial charge in [-0.2, -0.15) is 0 Å². The van der Waals surface area contributed by atoms with Gasteiger partial charge >= 0.3 is 0 Å². The Morgan fingerprint density at radius 3 is 2.86 bits per heavy atom. The first-order chi connectivity index (χ1) is 10.3. The summed E-state index contributed by atoms with van der Waals surface area (Å²) in [5, 5.41) is 7.82. The highest BCUT2D eigenvalue weighted by Crippen LogP contribution is 2.28. The Bertz CT molecular complexity index is 607. The number of pyridine rings is 1. The molecule has 3 rings (SSSR count). The second-order valence-electron chi connectivity index (χ2n) is 5.19. The van der Waals surface area contributed by atoms with Crippen molar-refractivity contribution < 1.29 is 4.79 Å². The van der Waals surface area contributed by atoms with E-state index in [0.29, 0.717) is 24.8 Å². The van der Waals surface area contributed by atoms with E-state index in [4.69, 9.17) is 5.73 Å². The van der Waals surface area contributed by atoms with Crippen LogP contribution in [-0.4, -0.2) is 36.8 Å². The van der Waals surface area contributed by atoms with Crippen LogP contribution in [0.3, 0.4) is 0 Å². The second-order valence-corrected chi connectivity index (χ2v) is 5.19. The molecule has 1 aliphatic carbocycles. The minimum atomic E-state index is 0.0385. The van der Waals surface area contributed by atoms with Crippen molar-refractivity contribution in [2.45, 2.75) is 38.5 Å². The average molecular weight is 286 g/mol. The summed E-state index contributed by atoms with van der Waals surface area (Å²) < 4.78 is 1.54. The third-order valence-corrected chi connectivity index (χ3v) is 3.46. The number of carbonyl (C=O) groups is 1. The molecule has 0 aromatic carbocycles. The second kappa shape index (κ2) is 6.01. The van der Waals surface area contributed by atoms with Crippen molar-refractivity contribution in [2.75, 3.05) is 0 Å². The maximum Gasteiger partial charge on any atom is 0.244 e. The first-order valence-corrected chi connectivity index (χ1v) is 7.04. The minimum absolute atomic E-state index is 0.0385. The Hall–Kier alpha value is -2.28. The number of rotatable bonds is 6. The molecule has 7 heteroatoms. The molecular formula is C14H18N6O.